The summed E-state index contributed by atoms with van der Waals surface area (Å²) >= 11 is 0. The highest BCUT2D eigenvalue weighted by Crippen LogP contribution is 2.36. The second-order valence-corrected chi connectivity index (χ2v) is 6.42. The molecule has 0 radical (unpaired) electrons. The Morgan fingerprint density at radius 1 is 1.26 bits per heavy atom. The molecule has 1 N–H and O–H groups in total. The summed E-state index contributed by atoms with van der Waals surface area (Å²) in [5, 5.41) is 3.67. The topological polar surface area (TPSA) is 15.3 Å². The van der Waals surface area contributed by atoms with Crippen molar-refractivity contribution >= 4 is 0 Å². The standard InChI is InChI=1S/C17H26N2/c1-14(16-7-8-16)12-19-10-9-18-17(13-19)11-15-5-3-2-4-6-15/h2-6,14,16-18H,7-13H2,1H3. The van der Waals surface area contributed by atoms with E-state index in [1.165, 1.54) is 38.0 Å². The van der Waals surface area contributed by atoms with Crippen LogP contribution in [0.5, 0.6) is 0 Å². The maximum absolute atomic E-state index is 3.67. The number of nitrogens with one attached hydrogen (secondary N) is 1. The normalized spacial score (nSPS) is 26.3. The molecule has 2 unspecified atom stereocenters. The zero-order valence-corrected chi connectivity index (χ0v) is 12.0. The molecular weight excluding hydrogens is 232 g/mol. The average Bonchev–Trinajstić information content (AvgIpc) is 3.24. The van der Waals surface area contributed by atoms with Gasteiger partial charge in [-0.05, 0) is 36.7 Å². The van der Waals surface area contributed by atoms with Gasteiger partial charge < -0.3 is 10.2 Å². The van der Waals surface area contributed by atoms with Gasteiger partial charge in [0, 0.05) is 32.2 Å². The largest absolute Gasteiger partial charge is 0.311 e. The van der Waals surface area contributed by atoms with E-state index in [-0.39, 0.29) is 0 Å². The molecule has 0 bridgehead atoms. The van der Waals surface area contributed by atoms with Crippen molar-refractivity contribution in [2.45, 2.75) is 32.2 Å². The number of rotatable bonds is 5. The lowest BCUT2D eigenvalue weighted by molar-refractivity contribution is 0.170. The van der Waals surface area contributed by atoms with Crippen molar-refractivity contribution in [2.75, 3.05) is 26.2 Å². The van der Waals surface area contributed by atoms with E-state index >= 15 is 0 Å². The van der Waals surface area contributed by atoms with Crippen molar-refractivity contribution < 1.29 is 0 Å². The predicted octanol–water partition coefficient (Wildman–Crippen LogP) is 2.55. The van der Waals surface area contributed by atoms with Gasteiger partial charge in [0.05, 0.1) is 0 Å². The molecule has 104 valence electrons. The van der Waals surface area contributed by atoms with Crippen LogP contribution in [0.3, 0.4) is 0 Å². The fourth-order valence-electron chi connectivity index (χ4n) is 3.32. The van der Waals surface area contributed by atoms with Gasteiger partial charge in [0.15, 0.2) is 0 Å². The number of piperazine rings is 1. The molecule has 1 aromatic rings. The van der Waals surface area contributed by atoms with Crippen LogP contribution in [0.4, 0.5) is 0 Å². The number of hydrogen-bond donors (Lipinski definition) is 1. The van der Waals surface area contributed by atoms with E-state index in [0.717, 1.165) is 24.8 Å². The van der Waals surface area contributed by atoms with Crippen LogP contribution in [0.25, 0.3) is 0 Å². The summed E-state index contributed by atoms with van der Waals surface area (Å²) < 4.78 is 0. The molecule has 2 atom stereocenters. The summed E-state index contributed by atoms with van der Waals surface area (Å²) in [6.07, 6.45) is 4.11. The molecule has 1 aliphatic heterocycles. The van der Waals surface area contributed by atoms with Gasteiger partial charge in [0.25, 0.3) is 0 Å². The van der Waals surface area contributed by atoms with Gasteiger partial charge in [-0.25, -0.2) is 0 Å². The molecule has 0 amide bonds. The third kappa shape index (κ3) is 3.80. The van der Waals surface area contributed by atoms with Crippen molar-refractivity contribution in [3.8, 4) is 0 Å². The van der Waals surface area contributed by atoms with Gasteiger partial charge in [-0.3, -0.25) is 0 Å². The minimum Gasteiger partial charge on any atom is -0.311 e. The highest BCUT2D eigenvalue weighted by Gasteiger charge is 2.30. The summed E-state index contributed by atoms with van der Waals surface area (Å²) in [6, 6.07) is 11.5. The molecule has 2 aliphatic rings. The molecule has 2 fully saturated rings. The summed E-state index contributed by atoms with van der Waals surface area (Å²) in [6.45, 7) is 7.33. The van der Waals surface area contributed by atoms with Crippen LogP contribution in [0.15, 0.2) is 30.3 Å². The number of benzene rings is 1. The highest BCUT2D eigenvalue weighted by molar-refractivity contribution is 5.16. The maximum atomic E-state index is 3.67. The van der Waals surface area contributed by atoms with Gasteiger partial charge in [-0.1, -0.05) is 37.3 Å². The Morgan fingerprint density at radius 2 is 2.05 bits per heavy atom. The molecule has 1 saturated carbocycles. The Kier molecular flexibility index (Phi) is 4.19. The van der Waals surface area contributed by atoms with Crippen LogP contribution in [0.1, 0.15) is 25.3 Å². The van der Waals surface area contributed by atoms with E-state index in [4.69, 9.17) is 0 Å². The van der Waals surface area contributed by atoms with Gasteiger partial charge in [-0.15, -0.1) is 0 Å². The Bertz CT molecular complexity index is 386. The zero-order chi connectivity index (χ0) is 13.1. The van der Waals surface area contributed by atoms with Gasteiger partial charge >= 0.3 is 0 Å². The average molecular weight is 258 g/mol. The molecular formula is C17H26N2. The smallest absolute Gasteiger partial charge is 0.0235 e. The summed E-state index contributed by atoms with van der Waals surface area (Å²) in [5.74, 6) is 1.93. The first-order valence-corrected chi connectivity index (χ1v) is 7.81. The molecule has 2 heteroatoms. The molecule has 3 rings (SSSR count). The summed E-state index contributed by atoms with van der Waals surface area (Å²) in [4.78, 5) is 2.67. The number of hydrogen-bond acceptors (Lipinski definition) is 2. The number of nitrogens with zero attached hydrogens (tertiary/aromatic N) is 1. The van der Waals surface area contributed by atoms with Gasteiger partial charge in [-0.2, -0.15) is 0 Å². The molecule has 1 saturated heterocycles. The van der Waals surface area contributed by atoms with Crippen LogP contribution < -0.4 is 5.32 Å². The minimum atomic E-state index is 0.627. The van der Waals surface area contributed by atoms with Crippen LogP contribution in [0.2, 0.25) is 0 Å². The Balaban J connectivity index is 1.50. The zero-order valence-electron chi connectivity index (χ0n) is 12.0. The third-order valence-corrected chi connectivity index (χ3v) is 4.64. The van der Waals surface area contributed by atoms with Crippen LogP contribution in [0, 0.1) is 11.8 Å². The van der Waals surface area contributed by atoms with E-state index < -0.39 is 0 Å². The van der Waals surface area contributed by atoms with Crippen molar-refractivity contribution in [3.63, 3.8) is 0 Å². The molecule has 1 aliphatic carbocycles. The van der Waals surface area contributed by atoms with Crippen molar-refractivity contribution in [1.82, 2.24) is 10.2 Å². The Hall–Kier alpha value is -0.860. The maximum Gasteiger partial charge on any atom is 0.0235 e. The third-order valence-electron chi connectivity index (χ3n) is 4.64. The van der Waals surface area contributed by atoms with Gasteiger partial charge in [0.2, 0.25) is 0 Å². The Morgan fingerprint density at radius 3 is 2.79 bits per heavy atom. The van der Waals surface area contributed by atoms with E-state index in [1.54, 1.807) is 0 Å². The van der Waals surface area contributed by atoms with Crippen molar-refractivity contribution in [1.29, 1.82) is 0 Å². The fraction of sp³-hybridized carbons (Fsp3) is 0.647. The van der Waals surface area contributed by atoms with Crippen LogP contribution in [-0.4, -0.2) is 37.1 Å². The Labute approximate surface area is 117 Å². The first-order valence-electron chi connectivity index (χ1n) is 7.81. The summed E-state index contributed by atoms with van der Waals surface area (Å²) in [5.41, 5.74) is 1.46. The fourth-order valence-corrected chi connectivity index (χ4v) is 3.32. The van der Waals surface area contributed by atoms with Crippen LogP contribution in [-0.2, 0) is 6.42 Å². The molecule has 1 heterocycles. The second-order valence-electron chi connectivity index (χ2n) is 6.42. The molecule has 19 heavy (non-hydrogen) atoms. The molecule has 2 nitrogen and oxygen atoms in total. The van der Waals surface area contributed by atoms with E-state index in [0.29, 0.717) is 6.04 Å². The van der Waals surface area contributed by atoms with Gasteiger partial charge in [0.1, 0.15) is 0 Å². The van der Waals surface area contributed by atoms with Crippen molar-refractivity contribution in [3.05, 3.63) is 35.9 Å². The lowest BCUT2D eigenvalue weighted by Crippen LogP contribution is -2.52. The lowest BCUT2D eigenvalue weighted by atomic mass is 10.0. The summed E-state index contributed by atoms with van der Waals surface area (Å²) in [7, 11) is 0. The van der Waals surface area contributed by atoms with E-state index in [1.807, 2.05) is 0 Å². The van der Waals surface area contributed by atoms with Crippen LogP contribution >= 0.6 is 0 Å². The first kappa shape index (κ1) is 13.1. The predicted molar refractivity (Wildman–Crippen MR) is 80.3 cm³/mol. The quantitative estimate of drug-likeness (QED) is 0.873. The van der Waals surface area contributed by atoms with E-state index in [9.17, 15) is 0 Å². The second kappa shape index (κ2) is 6.06. The molecule has 0 aromatic heterocycles. The molecule has 0 spiro atoms. The van der Waals surface area contributed by atoms with Crippen molar-refractivity contribution in [2.24, 2.45) is 11.8 Å². The lowest BCUT2D eigenvalue weighted by Gasteiger charge is -2.35. The highest BCUT2D eigenvalue weighted by atomic mass is 15.2. The SMILES string of the molecule is CC(CN1CCNC(Cc2ccccc2)C1)C1CC1. The molecule has 1 aromatic carbocycles. The first-order chi connectivity index (χ1) is 9.31. The minimum absolute atomic E-state index is 0.627. The van der Waals surface area contributed by atoms with E-state index in [2.05, 4.69) is 47.5 Å². The monoisotopic (exact) mass is 258 g/mol.